The van der Waals surface area contributed by atoms with Crippen molar-refractivity contribution >= 4 is 5.91 Å². The molecule has 3 saturated carbocycles. The van der Waals surface area contributed by atoms with Crippen LogP contribution in [0.2, 0.25) is 0 Å². The van der Waals surface area contributed by atoms with Gasteiger partial charge in [0.15, 0.2) is 6.33 Å². The van der Waals surface area contributed by atoms with Crippen molar-refractivity contribution in [3.8, 4) is 0 Å². The maximum Gasteiger partial charge on any atom is 0.232 e. The summed E-state index contributed by atoms with van der Waals surface area (Å²) >= 11 is 0. The molecule has 74 valence electrons. The van der Waals surface area contributed by atoms with Crippen LogP contribution >= 0.6 is 0 Å². The van der Waals surface area contributed by atoms with Crippen molar-refractivity contribution < 1.29 is 9.32 Å². The van der Waals surface area contributed by atoms with Gasteiger partial charge >= 0.3 is 0 Å². The van der Waals surface area contributed by atoms with Gasteiger partial charge in [0, 0.05) is 12.5 Å². The number of carbonyl (C=O) groups is 1. The molecule has 5 heteroatoms. The molecule has 0 atom stereocenters. The number of amides is 1. The SMILES string of the molecule is CC(=O)NC12CC(c3ncno3)(C1)C2. The third-order valence-corrected chi connectivity index (χ3v) is 3.29. The van der Waals surface area contributed by atoms with Gasteiger partial charge in [0.05, 0.1) is 5.41 Å². The molecule has 1 aromatic rings. The molecule has 0 aliphatic heterocycles. The summed E-state index contributed by atoms with van der Waals surface area (Å²) in [4.78, 5) is 15.0. The van der Waals surface area contributed by atoms with Gasteiger partial charge in [0.1, 0.15) is 0 Å². The first kappa shape index (κ1) is 7.96. The molecule has 14 heavy (non-hydrogen) atoms. The van der Waals surface area contributed by atoms with Crippen LogP contribution in [0, 0.1) is 0 Å². The zero-order valence-corrected chi connectivity index (χ0v) is 7.91. The lowest BCUT2D eigenvalue weighted by atomic mass is 9.39. The first-order valence-corrected chi connectivity index (χ1v) is 4.70. The van der Waals surface area contributed by atoms with Crippen molar-refractivity contribution in [2.75, 3.05) is 0 Å². The second kappa shape index (κ2) is 2.16. The molecule has 2 bridgehead atoms. The Morgan fingerprint density at radius 2 is 2.29 bits per heavy atom. The molecule has 5 nitrogen and oxygen atoms in total. The molecule has 3 fully saturated rings. The minimum absolute atomic E-state index is 0.0420. The molecular formula is C9H11N3O2. The summed E-state index contributed by atoms with van der Waals surface area (Å²) in [6.07, 6.45) is 4.27. The van der Waals surface area contributed by atoms with Crippen LogP contribution in [-0.2, 0) is 10.2 Å². The Labute approximate surface area is 80.9 Å². The number of carbonyl (C=O) groups excluding carboxylic acids is 1. The van der Waals surface area contributed by atoms with E-state index in [1.54, 1.807) is 6.92 Å². The first-order valence-electron chi connectivity index (χ1n) is 4.70. The molecular weight excluding hydrogens is 182 g/mol. The van der Waals surface area contributed by atoms with E-state index in [-0.39, 0.29) is 16.9 Å². The molecule has 1 heterocycles. The Morgan fingerprint density at radius 1 is 1.57 bits per heavy atom. The van der Waals surface area contributed by atoms with E-state index < -0.39 is 0 Å². The van der Waals surface area contributed by atoms with Crippen LogP contribution < -0.4 is 5.32 Å². The van der Waals surface area contributed by atoms with Crippen LogP contribution in [0.5, 0.6) is 0 Å². The van der Waals surface area contributed by atoms with Gasteiger partial charge in [0.25, 0.3) is 0 Å². The molecule has 0 aromatic carbocycles. The molecule has 0 spiro atoms. The number of nitrogens with zero attached hydrogens (tertiary/aromatic N) is 2. The summed E-state index contributed by atoms with van der Waals surface area (Å²) in [5.74, 6) is 0.772. The van der Waals surface area contributed by atoms with Crippen LogP contribution in [0.15, 0.2) is 10.9 Å². The molecule has 0 radical (unpaired) electrons. The minimum Gasteiger partial charge on any atom is -0.351 e. The summed E-state index contributed by atoms with van der Waals surface area (Å²) < 4.78 is 5.05. The quantitative estimate of drug-likeness (QED) is 0.737. The fraction of sp³-hybridized carbons (Fsp3) is 0.667. The minimum atomic E-state index is 0.0420. The summed E-state index contributed by atoms with van der Waals surface area (Å²) in [5.41, 5.74) is 0.124. The van der Waals surface area contributed by atoms with E-state index in [4.69, 9.17) is 4.52 Å². The van der Waals surface area contributed by atoms with E-state index in [0.29, 0.717) is 0 Å². The number of rotatable bonds is 2. The van der Waals surface area contributed by atoms with Crippen molar-refractivity contribution in [1.82, 2.24) is 15.5 Å². The Balaban J connectivity index is 1.72. The highest BCUT2D eigenvalue weighted by Crippen LogP contribution is 2.67. The van der Waals surface area contributed by atoms with E-state index in [9.17, 15) is 4.79 Å². The van der Waals surface area contributed by atoms with Crippen molar-refractivity contribution in [3.63, 3.8) is 0 Å². The highest BCUT2D eigenvalue weighted by molar-refractivity contribution is 5.75. The predicted octanol–water partition coefficient (Wildman–Crippen LogP) is 0.380. The Bertz CT molecular complexity index is 365. The zero-order chi connectivity index (χ0) is 9.81. The third-order valence-electron chi connectivity index (χ3n) is 3.29. The van der Waals surface area contributed by atoms with Crippen LogP contribution in [0.25, 0.3) is 0 Å². The van der Waals surface area contributed by atoms with Gasteiger partial charge in [-0.1, -0.05) is 5.16 Å². The van der Waals surface area contributed by atoms with Gasteiger partial charge in [0.2, 0.25) is 11.8 Å². The third kappa shape index (κ3) is 0.818. The van der Waals surface area contributed by atoms with Gasteiger partial charge in [-0.05, 0) is 19.3 Å². The fourth-order valence-corrected chi connectivity index (χ4v) is 2.93. The van der Waals surface area contributed by atoms with Crippen LogP contribution in [0.4, 0.5) is 0 Å². The summed E-state index contributed by atoms with van der Waals surface area (Å²) in [5, 5.41) is 6.58. The van der Waals surface area contributed by atoms with E-state index in [1.165, 1.54) is 6.33 Å². The topological polar surface area (TPSA) is 68.0 Å². The summed E-state index contributed by atoms with van der Waals surface area (Å²) in [6, 6.07) is 0. The largest absolute Gasteiger partial charge is 0.351 e. The predicted molar refractivity (Wildman–Crippen MR) is 46.4 cm³/mol. The lowest BCUT2D eigenvalue weighted by Gasteiger charge is -2.68. The van der Waals surface area contributed by atoms with Crippen molar-refractivity contribution in [2.45, 2.75) is 37.1 Å². The first-order chi connectivity index (χ1) is 6.64. The van der Waals surface area contributed by atoms with Crippen molar-refractivity contribution in [3.05, 3.63) is 12.2 Å². The average Bonchev–Trinajstić information content (AvgIpc) is 2.44. The standard InChI is InChI=1S/C9H11N3O2/c1-6(13)12-9-2-8(3-9,4-9)7-10-5-11-14-7/h5H,2-4H2,1H3,(H,12,13). The monoisotopic (exact) mass is 193 g/mol. The van der Waals surface area contributed by atoms with E-state index >= 15 is 0 Å². The van der Waals surface area contributed by atoms with Gasteiger partial charge in [-0.15, -0.1) is 0 Å². The molecule has 0 saturated heterocycles. The lowest BCUT2D eigenvalue weighted by Crippen LogP contribution is -2.76. The summed E-state index contributed by atoms with van der Waals surface area (Å²) in [7, 11) is 0. The molecule has 4 rings (SSSR count). The fourth-order valence-electron chi connectivity index (χ4n) is 2.93. The smallest absolute Gasteiger partial charge is 0.232 e. The highest BCUT2D eigenvalue weighted by Gasteiger charge is 2.71. The van der Waals surface area contributed by atoms with Gasteiger partial charge in [-0.25, -0.2) is 0 Å². The molecule has 1 aromatic heterocycles. The Hall–Kier alpha value is -1.39. The zero-order valence-electron chi connectivity index (χ0n) is 7.91. The van der Waals surface area contributed by atoms with Gasteiger partial charge < -0.3 is 9.84 Å². The average molecular weight is 193 g/mol. The lowest BCUT2D eigenvalue weighted by molar-refractivity contribution is -0.140. The highest BCUT2D eigenvalue weighted by atomic mass is 16.5. The van der Waals surface area contributed by atoms with Crippen LogP contribution in [0.3, 0.4) is 0 Å². The Morgan fingerprint density at radius 3 is 2.79 bits per heavy atom. The second-order valence-electron chi connectivity index (χ2n) is 4.52. The Kier molecular flexibility index (Phi) is 1.23. The van der Waals surface area contributed by atoms with Crippen molar-refractivity contribution in [2.24, 2.45) is 0 Å². The van der Waals surface area contributed by atoms with Gasteiger partial charge in [-0.3, -0.25) is 4.79 Å². The van der Waals surface area contributed by atoms with E-state index in [2.05, 4.69) is 15.5 Å². The molecule has 3 aliphatic rings. The number of nitrogens with one attached hydrogen (secondary N) is 1. The molecule has 1 amide bonds. The summed E-state index contributed by atoms with van der Waals surface area (Å²) in [6.45, 7) is 1.56. The van der Waals surface area contributed by atoms with Gasteiger partial charge in [-0.2, -0.15) is 4.98 Å². The van der Waals surface area contributed by atoms with Crippen LogP contribution in [-0.4, -0.2) is 21.6 Å². The number of aromatic nitrogens is 2. The van der Waals surface area contributed by atoms with E-state index in [1.807, 2.05) is 0 Å². The maximum atomic E-state index is 10.9. The maximum absolute atomic E-state index is 10.9. The number of hydrogen-bond donors (Lipinski definition) is 1. The molecule has 3 aliphatic carbocycles. The van der Waals surface area contributed by atoms with Crippen molar-refractivity contribution in [1.29, 1.82) is 0 Å². The normalized spacial score (nSPS) is 38.4. The molecule has 1 N–H and O–H groups in total. The van der Waals surface area contributed by atoms with E-state index in [0.717, 1.165) is 25.2 Å². The number of hydrogen-bond acceptors (Lipinski definition) is 4. The molecule has 0 unspecified atom stereocenters. The van der Waals surface area contributed by atoms with Crippen LogP contribution in [0.1, 0.15) is 32.1 Å². The second-order valence-corrected chi connectivity index (χ2v) is 4.52.